The quantitative estimate of drug-likeness (QED) is 0.880. The summed E-state index contributed by atoms with van der Waals surface area (Å²) >= 11 is 0. The number of amides is 1. The number of rotatable bonds is 4. The van der Waals surface area contributed by atoms with E-state index in [1.54, 1.807) is 13.3 Å². The third kappa shape index (κ3) is 4.70. The third-order valence-electron chi connectivity index (χ3n) is 2.57. The van der Waals surface area contributed by atoms with Crippen LogP contribution in [0.5, 0.6) is 5.88 Å². The Bertz CT molecular complexity index is 469. The Morgan fingerprint density at radius 1 is 1.50 bits per heavy atom. The second kappa shape index (κ2) is 6.56. The number of pyridine rings is 1. The molecule has 1 rings (SSSR count). The number of nitrogens with zero attached hydrogens (tertiary/aromatic N) is 1. The fourth-order valence-electron chi connectivity index (χ4n) is 1.72. The van der Waals surface area contributed by atoms with Crippen molar-refractivity contribution in [1.82, 2.24) is 10.3 Å². The summed E-state index contributed by atoms with van der Waals surface area (Å²) in [5.41, 5.74) is 6.86. The first-order chi connectivity index (χ1) is 9.26. The molecular formula is C14H23N3O3. The van der Waals surface area contributed by atoms with E-state index in [9.17, 15) is 4.79 Å². The number of nitrogens with one attached hydrogen (secondary N) is 1. The zero-order valence-corrected chi connectivity index (χ0v) is 12.7. The van der Waals surface area contributed by atoms with Gasteiger partial charge >= 0.3 is 6.09 Å². The Balaban J connectivity index is 2.81. The van der Waals surface area contributed by atoms with E-state index in [4.69, 9.17) is 15.2 Å². The van der Waals surface area contributed by atoms with Crippen molar-refractivity contribution in [2.75, 3.05) is 13.7 Å². The minimum absolute atomic E-state index is 0.257. The molecule has 1 amide bonds. The molecule has 0 aliphatic heterocycles. The Morgan fingerprint density at radius 2 is 2.15 bits per heavy atom. The van der Waals surface area contributed by atoms with Gasteiger partial charge in [-0.25, -0.2) is 9.78 Å². The SMILES string of the molecule is COc1ncc(C(CN)NC(=O)OC(C)(C)C)cc1C. The van der Waals surface area contributed by atoms with Crippen LogP contribution in [0.3, 0.4) is 0 Å². The number of aromatic nitrogens is 1. The van der Waals surface area contributed by atoms with E-state index >= 15 is 0 Å². The molecule has 1 aromatic heterocycles. The molecule has 6 nitrogen and oxygen atoms in total. The van der Waals surface area contributed by atoms with Crippen LogP contribution in [0.25, 0.3) is 0 Å². The number of ether oxygens (including phenoxy) is 2. The van der Waals surface area contributed by atoms with Gasteiger partial charge in [0.25, 0.3) is 0 Å². The molecule has 1 heterocycles. The van der Waals surface area contributed by atoms with Crippen LogP contribution in [-0.2, 0) is 4.74 Å². The van der Waals surface area contributed by atoms with Gasteiger partial charge in [-0.05, 0) is 39.3 Å². The minimum atomic E-state index is -0.544. The molecule has 0 bridgehead atoms. The van der Waals surface area contributed by atoms with Crippen LogP contribution in [0.15, 0.2) is 12.3 Å². The molecular weight excluding hydrogens is 258 g/mol. The Morgan fingerprint density at radius 3 is 2.60 bits per heavy atom. The van der Waals surface area contributed by atoms with E-state index in [-0.39, 0.29) is 12.6 Å². The van der Waals surface area contributed by atoms with E-state index in [0.717, 1.165) is 11.1 Å². The van der Waals surface area contributed by atoms with E-state index < -0.39 is 11.7 Å². The predicted octanol–water partition coefficient (Wildman–Crippen LogP) is 1.92. The fraction of sp³-hybridized carbons (Fsp3) is 0.571. The number of hydrogen-bond acceptors (Lipinski definition) is 5. The van der Waals surface area contributed by atoms with Crippen molar-refractivity contribution in [2.45, 2.75) is 39.3 Å². The number of carbonyl (C=O) groups excluding carboxylic acids is 1. The van der Waals surface area contributed by atoms with Gasteiger partial charge in [-0.1, -0.05) is 0 Å². The fourth-order valence-corrected chi connectivity index (χ4v) is 1.72. The van der Waals surface area contributed by atoms with Gasteiger partial charge in [0.05, 0.1) is 13.2 Å². The molecule has 0 aliphatic carbocycles. The normalized spacial score (nSPS) is 12.7. The monoisotopic (exact) mass is 281 g/mol. The topological polar surface area (TPSA) is 86.5 Å². The smallest absolute Gasteiger partial charge is 0.408 e. The lowest BCUT2D eigenvalue weighted by molar-refractivity contribution is 0.0505. The van der Waals surface area contributed by atoms with Crippen molar-refractivity contribution in [3.05, 3.63) is 23.4 Å². The average Bonchev–Trinajstić information content (AvgIpc) is 2.33. The number of hydrogen-bond donors (Lipinski definition) is 2. The largest absolute Gasteiger partial charge is 0.481 e. The van der Waals surface area contributed by atoms with Crippen LogP contribution >= 0.6 is 0 Å². The van der Waals surface area contributed by atoms with Crippen LogP contribution in [0.1, 0.15) is 37.9 Å². The first kappa shape index (κ1) is 16.2. The van der Waals surface area contributed by atoms with Crippen molar-refractivity contribution >= 4 is 6.09 Å². The molecule has 1 aromatic rings. The van der Waals surface area contributed by atoms with Gasteiger partial charge in [0.2, 0.25) is 5.88 Å². The van der Waals surface area contributed by atoms with Crippen LogP contribution in [0.2, 0.25) is 0 Å². The summed E-state index contributed by atoms with van der Waals surface area (Å²) in [6, 6.07) is 1.54. The molecule has 6 heteroatoms. The van der Waals surface area contributed by atoms with Crippen LogP contribution in [0, 0.1) is 6.92 Å². The summed E-state index contributed by atoms with van der Waals surface area (Å²) < 4.78 is 10.3. The Kier molecular flexibility index (Phi) is 5.33. The van der Waals surface area contributed by atoms with Crippen molar-refractivity contribution in [3.63, 3.8) is 0 Å². The maximum atomic E-state index is 11.8. The molecule has 0 radical (unpaired) electrons. The standard InChI is InChI=1S/C14H23N3O3/c1-9-6-10(8-16-12(9)19-5)11(7-15)17-13(18)20-14(2,3)4/h6,8,11H,7,15H2,1-5H3,(H,17,18). The Labute approximate surface area is 119 Å². The lowest BCUT2D eigenvalue weighted by Gasteiger charge is -2.23. The number of aryl methyl sites for hydroxylation is 1. The van der Waals surface area contributed by atoms with Crippen molar-refractivity contribution in [3.8, 4) is 5.88 Å². The van der Waals surface area contributed by atoms with Gasteiger partial charge in [0.15, 0.2) is 0 Å². The van der Waals surface area contributed by atoms with Crippen molar-refractivity contribution in [2.24, 2.45) is 5.73 Å². The van der Waals surface area contributed by atoms with E-state index in [1.165, 1.54) is 0 Å². The van der Waals surface area contributed by atoms with Gasteiger partial charge in [-0.3, -0.25) is 0 Å². The van der Waals surface area contributed by atoms with Crippen molar-refractivity contribution < 1.29 is 14.3 Å². The second-order valence-corrected chi connectivity index (χ2v) is 5.53. The van der Waals surface area contributed by atoms with Gasteiger partial charge in [-0.2, -0.15) is 0 Å². The van der Waals surface area contributed by atoms with Gasteiger partial charge in [0, 0.05) is 18.3 Å². The summed E-state index contributed by atoms with van der Waals surface area (Å²) in [5, 5.41) is 2.74. The van der Waals surface area contributed by atoms with Crippen LogP contribution in [0.4, 0.5) is 4.79 Å². The van der Waals surface area contributed by atoms with Gasteiger partial charge < -0.3 is 20.5 Å². The van der Waals surface area contributed by atoms with Gasteiger partial charge in [0.1, 0.15) is 5.60 Å². The number of carbonyl (C=O) groups is 1. The number of alkyl carbamates (subject to hydrolysis) is 1. The van der Waals surface area contributed by atoms with E-state index in [1.807, 2.05) is 33.8 Å². The lowest BCUT2D eigenvalue weighted by atomic mass is 10.1. The molecule has 3 N–H and O–H groups in total. The number of nitrogens with two attached hydrogens (primary N) is 1. The molecule has 0 saturated heterocycles. The van der Waals surface area contributed by atoms with Crippen LogP contribution < -0.4 is 15.8 Å². The zero-order chi connectivity index (χ0) is 15.3. The lowest BCUT2D eigenvalue weighted by Crippen LogP contribution is -2.37. The highest BCUT2D eigenvalue weighted by Gasteiger charge is 2.20. The number of methoxy groups -OCH3 is 1. The second-order valence-electron chi connectivity index (χ2n) is 5.53. The zero-order valence-electron chi connectivity index (χ0n) is 12.7. The summed E-state index contributed by atoms with van der Waals surface area (Å²) in [6.45, 7) is 7.57. The maximum absolute atomic E-state index is 11.8. The summed E-state index contributed by atoms with van der Waals surface area (Å²) in [5.74, 6) is 0.557. The van der Waals surface area contributed by atoms with E-state index in [2.05, 4.69) is 10.3 Å². The van der Waals surface area contributed by atoms with E-state index in [0.29, 0.717) is 5.88 Å². The van der Waals surface area contributed by atoms with Crippen molar-refractivity contribution in [1.29, 1.82) is 0 Å². The third-order valence-corrected chi connectivity index (χ3v) is 2.57. The first-order valence-corrected chi connectivity index (χ1v) is 6.47. The molecule has 20 heavy (non-hydrogen) atoms. The first-order valence-electron chi connectivity index (χ1n) is 6.47. The average molecular weight is 281 g/mol. The highest BCUT2D eigenvalue weighted by molar-refractivity contribution is 5.68. The highest BCUT2D eigenvalue weighted by Crippen LogP contribution is 2.19. The molecule has 0 aliphatic rings. The van der Waals surface area contributed by atoms with Gasteiger partial charge in [-0.15, -0.1) is 0 Å². The van der Waals surface area contributed by atoms with Crippen LogP contribution in [-0.4, -0.2) is 30.3 Å². The molecule has 0 spiro atoms. The molecule has 1 atom stereocenters. The maximum Gasteiger partial charge on any atom is 0.408 e. The molecule has 1 unspecified atom stereocenters. The summed E-state index contributed by atoms with van der Waals surface area (Å²) in [7, 11) is 1.56. The predicted molar refractivity (Wildman–Crippen MR) is 76.7 cm³/mol. The molecule has 0 fully saturated rings. The molecule has 0 saturated carbocycles. The summed E-state index contributed by atoms with van der Waals surface area (Å²) in [4.78, 5) is 16.0. The Hall–Kier alpha value is -1.82. The minimum Gasteiger partial charge on any atom is -0.481 e. The molecule has 112 valence electrons. The molecule has 0 aromatic carbocycles. The summed E-state index contributed by atoms with van der Waals surface area (Å²) in [6.07, 6.45) is 1.14. The highest BCUT2D eigenvalue weighted by atomic mass is 16.6.